The first kappa shape index (κ1) is 10.9. The minimum atomic E-state index is -0.269. The predicted molar refractivity (Wildman–Crippen MR) is 57.6 cm³/mol. The first-order valence-corrected chi connectivity index (χ1v) is 5.33. The Balaban J connectivity index is 2.24. The van der Waals surface area contributed by atoms with E-state index in [9.17, 15) is 4.39 Å². The van der Waals surface area contributed by atoms with Gasteiger partial charge < -0.3 is 10.1 Å². The van der Waals surface area contributed by atoms with Gasteiger partial charge in [0.25, 0.3) is 0 Å². The van der Waals surface area contributed by atoms with E-state index < -0.39 is 0 Å². The quantitative estimate of drug-likeness (QED) is 0.799. The Morgan fingerprint density at radius 3 is 3.00 bits per heavy atom. The van der Waals surface area contributed by atoms with Crippen LogP contribution in [0.2, 0.25) is 5.02 Å². The Kier molecular flexibility index (Phi) is 3.24. The maximum atomic E-state index is 13.1. The van der Waals surface area contributed by atoms with Crippen LogP contribution in [0.1, 0.15) is 18.5 Å². The van der Waals surface area contributed by atoms with Crippen LogP contribution < -0.4 is 5.32 Å². The number of morpholine rings is 1. The van der Waals surface area contributed by atoms with Crippen molar-refractivity contribution in [2.45, 2.75) is 19.0 Å². The van der Waals surface area contributed by atoms with E-state index in [0.29, 0.717) is 18.2 Å². The van der Waals surface area contributed by atoms with Gasteiger partial charge in [0.1, 0.15) is 5.82 Å². The van der Waals surface area contributed by atoms with Crippen molar-refractivity contribution in [3.8, 4) is 0 Å². The fourth-order valence-corrected chi connectivity index (χ4v) is 2.01. The van der Waals surface area contributed by atoms with Crippen LogP contribution in [-0.4, -0.2) is 19.3 Å². The Hall–Kier alpha value is -0.640. The Labute approximate surface area is 93.4 Å². The molecule has 1 saturated heterocycles. The molecule has 0 radical (unpaired) electrons. The normalized spacial score (nSPS) is 26.6. The zero-order valence-corrected chi connectivity index (χ0v) is 9.22. The molecule has 0 aromatic heterocycles. The van der Waals surface area contributed by atoms with Crippen LogP contribution in [-0.2, 0) is 4.74 Å². The molecule has 2 rings (SSSR count). The summed E-state index contributed by atoms with van der Waals surface area (Å²) in [5, 5.41) is 3.90. The first-order valence-electron chi connectivity index (χ1n) is 4.95. The van der Waals surface area contributed by atoms with Crippen molar-refractivity contribution in [3.05, 3.63) is 34.6 Å². The SMILES string of the molecule is CC1COCC(c2cc(F)ccc2Cl)N1. The average molecular weight is 230 g/mol. The van der Waals surface area contributed by atoms with Crippen LogP contribution in [0.15, 0.2) is 18.2 Å². The topological polar surface area (TPSA) is 21.3 Å². The maximum absolute atomic E-state index is 13.1. The molecule has 1 heterocycles. The molecule has 0 amide bonds. The summed E-state index contributed by atoms with van der Waals surface area (Å²) in [6, 6.07) is 4.65. The summed E-state index contributed by atoms with van der Waals surface area (Å²) >= 11 is 6.02. The van der Waals surface area contributed by atoms with Crippen molar-refractivity contribution in [3.63, 3.8) is 0 Å². The lowest BCUT2D eigenvalue weighted by Crippen LogP contribution is -2.41. The van der Waals surface area contributed by atoms with E-state index in [1.807, 2.05) is 6.92 Å². The van der Waals surface area contributed by atoms with Gasteiger partial charge >= 0.3 is 0 Å². The second-order valence-electron chi connectivity index (χ2n) is 3.82. The average Bonchev–Trinajstić information content (AvgIpc) is 2.22. The van der Waals surface area contributed by atoms with Crippen LogP contribution in [0.4, 0.5) is 4.39 Å². The number of ether oxygens (including phenoxy) is 1. The molecule has 1 aliphatic heterocycles. The summed E-state index contributed by atoms with van der Waals surface area (Å²) in [5.74, 6) is -0.269. The molecular weight excluding hydrogens is 217 g/mol. The molecule has 1 aromatic carbocycles. The van der Waals surface area contributed by atoms with E-state index in [1.165, 1.54) is 12.1 Å². The van der Waals surface area contributed by atoms with Crippen LogP contribution in [0.25, 0.3) is 0 Å². The van der Waals surface area contributed by atoms with Gasteiger partial charge in [0.2, 0.25) is 0 Å². The van der Waals surface area contributed by atoms with E-state index in [4.69, 9.17) is 16.3 Å². The number of halogens is 2. The first-order chi connectivity index (χ1) is 7.16. The van der Waals surface area contributed by atoms with E-state index in [0.717, 1.165) is 5.56 Å². The molecule has 4 heteroatoms. The number of benzene rings is 1. The second-order valence-corrected chi connectivity index (χ2v) is 4.23. The molecule has 0 saturated carbocycles. The van der Waals surface area contributed by atoms with Gasteiger partial charge in [-0.2, -0.15) is 0 Å². The number of nitrogens with one attached hydrogen (secondary N) is 1. The zero-order valence-electron chi connectivity index (χ0n) is 8.47. The van der Waals surface area contributed by atoms with Crippen molar-refractivity contribution in [1.82, 2.24) is 5.32 Å². The summed E-state index contributed by atoms with van der Waals surface area (Å²) in [6.07, 6.45) is 0. The van der Waals surface area contributed by atoms with Crippen molar-refractivity contribution in [2.75, 3.05) is 13.2 Å². The summed E-state index contributed by atoms with van der Waals surface area (Å²) < 4.78 is 18.5. The van der Waals surface area contributed by atoms with Gasteiger partial charge in [-0.1, -0.05) is 11.6 Å². The highest BCUT2D eigenvalue weighted by atomic mass is 35.5. The van der Waals surface area contributed by atoms with Gasteiger partial charge in [0, 0.05) is 11.1 Å². The molecular formula is C11H13ClFNO. The third-order valence-electron chi connectivity index (χ3n) is 2.47. The van der Waals surface area contributed by atoms with Crippen molar-refractivity contribution < 1.29 is 9.13 Å². The summed E-state index contributed by atoms with van der Waals surface area (Å²) in [7, 11) is 0. The van der Waals surface area contributed by atoms with Gasteiger partial charge in [-0.15, -0.1) is 0 Å². The molecule has 0 bridgehead atoms. The van der Waals surface area contributed by atoms with E-state index in [2.05, 4.69) is 5.32 Å². The fourth-order valence-electron chi connectivity index (χ4n) is 1.76. The molecule has 15 heavy (non-hydrogen) atoms. The Morgan fingerprint density at radius 1 is 1.47 bits per heavy atom. The fraction of sp³-hybridized carbons (Fsp3) is 0.455. The lowest BCUT2D eigenvalue weighted by molar-refractivity contribution is 0.0503. The molecule has 0 spiro atoms. The van der Waals surface area contributed by atoms with Crippen molar-refractivity contribution >= 4 is 11.6 Å². The van der Waals surface area contributed by atoms with Crippen LogP contribution in [0.5, 0.6) is 0 Å². The summed E-state index contributed by atoms with van der Waals surface area (Å²) in [4.78, 5) is 0. The van der Waals surface area contributed by atoms with E-state index in [1.54, 1.807) is 6.07 Å². The molecule has 2 atom stereocenters. The van der Waals surface area contributed by atoms with Gasteiger partial charge in [-0.05, 0) is 30.7 Å². The van der Waals surface area contributed by atoms with Crippen molar-refractivity contribution in [1.29, 1.82) is 0 Å². The molecule has 82 valence electrons. The third-order valence-corrected chi connectivity index (χ3v) is 2.82. The van der Waals surface area contributed by atoms with Gasteiger partial charge in [-0.25, -0.2) is 4.39 Å². The molecule has 1 aliphatic rings. The van der Waals surface area contributed by atoms with Crippen LogP contribution >= 0.6 is 11.6 Å². The molecule has 2 nitrogen and oxygen atoms in total. The van der Waals surface area contributed by atoms with Gasteiger partial charge in [0.05, 0.1) is 19.3 Å². The summed E-state index contributed by atoms with van der Waals surface area (Å²) in [6.45, 7) is 3.25. The lowest BCUT2D eigenvalue weighted by Gasteiger charge is -2.29. The smallest absolute Gasteiger partial charge is 0.123 e. The van der Waals surface area contributed by atoms with E-state index in [-0.39, 0.29) is 17.9 Å². The third kappa shape index (κ3) is 2.48. The van der Waals surface area contributed by atoms with Gasteiger partial charge in [0.15, 0.2) is 0 Å². The largest absolute Gasteiger partial charge is 0.378 e. The number of hydrogen-bond acceptors (Lipinski definition) is 2. The number of hydrogen-bond donors (Lipinski definition) is 1. The highest BCUT2D eigenvalue weighted by Gasteiger charge is 2.22. The Morgan fingerprint density at radius 2 is 2.27 bits per heavy atom. The van der Waals surface area contributed by atoms with Gasteiger partial charge in [-0.3, -0.25) is 0 Å². The lowest BCUT2D eigenvalue weighted by atomic mass is 10.1. The highest BCUT2D eigenvalue weighted by molar-refractivity contribution is 6.31. The standard InChI is InChI=1S/C11H13ClFNO/c1-7-5-15-6-11(14-7)9-4-8(13)2-3-10(9)12/h2-4,7,11,14H,5-6H2,1H3. The molecule has 1 aromatic rings. The maximum Gasteiger partial charge on any atom is 0.123 e. The van der Waals surface area contributed by atoms with E-state index >= 15 is 0 Å². The Bertz CT molecular complexity index is 358. The monoisotopic (exact) mass is 229 g/mol. The minimum absolute atomic E-state index is 0.0167. The highest BCUT2D eigenvalue weighted by Crippen LogP contribution is 2.26. The molecule has 2 unspecified atom stereocenters. The predicted octanol–water partition coefficient (Wildman–Crippen LogP) is 2.53. The van der Waals surface area contributed by atoms with Crippen molar-refractivity contribution in [2.24, 2.45) is 0 Å². The summed E-state index contributed by atoms with van der Waals surface area (Å²) in [5.41, 5.74) is 0.767. The molecule has 1 N–H and O–H groups in total. The molecule has 0 aliphatic carbocycles. The van der Waals surface area contributed by atoms with Crippen LogP contribution in [0.3, 0.4) is 0 Å². The minimum Gasteiger partial charge on any atom is -0.378 e. The van der Waals surface area contributed by atoms with Crippen LogP contribution in [0, 0.1) is 5.82 Å². The number of rotatable bonds is 1. The second kappa shape index (κ2) is 4.47. The zero-order chi connectivity index (χ0) is 10.8. The molecule has 1 fully saturated rings.